The van der Waals surface area contributed by atoms with Gasteiger partial charge in [0.05, 0.1) is 0 Å². The molecule has 0 amide bonds. The predicted molar refractivity (Wildman–Crippen MR) is 118 cm³/mol. The second-order valence-electron chi connectivity index (χ2n) is 6.64. The second kappa shape index (κ2) is 8.98. The summed E-state index contributed by atoms with van der Waals surface area (Å²) in [5, 5.41) is 5.72. The molecule has 1 heterocycles. The van der Waals surface area contributed by atoms with E-state index in [9.17, 15) is 13.2 Å². The van der Waals surface area contributed by atoms with E-state index in [-0.39, 0.29) is 11.8 Å². The molecule has 3 aromatic rings. The van der Waals surface area contributed by atoms with Crippen molar-refractivity contribution in [2.45, 2.75) is 32.4 Å². The van der Waals surface area contributed by atoms with Crippen LogP contribution in [0, 0.1) is 3.57 Å². The third kappa shape index (κ3) is 5.59. The van der Waals surface area contributed by atoms with E-state index in [2.05, 4.69) is 57.0 Å². The fourth-order valence-corrected chi connectivity index (χ4v) is 3.03. The van der Waals surface area contributed by atoms with E-state index in [1.165, 1.54) is 0 Å². The molecule has 0 aliphatic rings. The van der Waals surface area contributed by atoms with Crippen molar-refractivity contribution in [3.63, 3.8) is 0 Å². The number of anilines is 4. The summed E-state index contributed by atoms with van der Waals surface area (Å²) in [4.78, 5) is 7.90. The van der Waals surface area contributed by atoms with Gasteiger partial charge in [0.25, 0.3) is 0 Å². The molecule has 0 saturated carbocycles. The number of benzene rings is 2. The molecule has 152 valence electrons. The zero-order chi connectivity index (χ0) is 21.0. The van der Waals surface area contributed by atoms with Gasteiger partial charge in [0, 0.05) is 21.1 Å². The van der Waals surface area contributed by atoms with Crippen molar-refractivity contribution in [1.82, 2.24) is 9.97 Å². The SMILES string of the molecule is CCC(C)c1ccc(Nc2nc(Nc3ccc(I)cc3)ncc2C(F)(F)F)cc1. The first-order chi connectivity index (χ1) is 13.8. The summed E-state index contributed by atoms with van der Waals surface area (Å²) in [6.45, 7) is 4.20. The zero-order valence-electron chi connectivity index (χ0n) is 15.9. The van der Waals surface area contributed by atoms with Gasteiger partial charge >= 0.3 is 6.18 Å². The maximum absolute atomic E-state index is 13.4. The van der Waals surface area contributed by atoms with Gasteiger partial charge in [0.1, 0.15) is 11.4 Å². The van der Waals surface area contributed by atoms with Gasteiger partial charge in [-0.05, 0) is 76.9 Å². The van der Waals surface area contributed by atoms with Crippen LogP contribution in [-0.4, -0.2) is 9.97 Å². The van der Waals surface area contributed by atoms with E-state index in [4.69, 9.17) is 0 Å². The fourth-order valence-electron chi connectivity index (χ4n) is 2.67. The van der Waals surface area contributed by atoms with Gasteiger partial charge in [-0.1, -0.05) is 26.0 Å². The topological polar surface area (TPSA) is 49.8 Å². The summed E-state index contributed by atoms with van der Waals surface area (Å²) in [5.74, 6) is 0.174. The molecule has 0 spiro atoms. The van der Waals surface area contributed by atoms with Crippen LogP contribution in [0.3, 0.4) is 0 Å². The summed E-state index contributed by atoms with van der Waals surface area (Å²) < 4.78 is 41.3. The van der Waals surface area contributed by atoms with Gasteiger partial charge in [0.15, 0.2) is 0 Å². The maximum Gasteiger partial charge on any atom is 0.421 e. The largest absolute Gasteiger partial charge is 0.421 e. The van der Waals surface area contributed by atoms with E-state index in [0.29, 0.717) is 17.3 Å². The summed E-state index contributed by atoms with van der Waals surface area (Å²) in [7, 11) is 0. The summed E-state index contributed by atoms with van der Waals surface area (Å²) in [6.07, 6.45) is -2.79. The smallest absolute Gasteiger partial charge is 0.340 e. The molecule has 29 heavy (non-hydrogen) atoms. The number of nitrogens with one attached hydrogen (secondary N) is 2. The summed E-state index contributed by atoms with van der Waals surface area (Å²) >= 11 is 2.17. The lowest BCUT2D eigenvalue weighted by molar-refractivity contribution is -0.137. The van der Waals surface area contributed by atoms with Crippen molar-refractivity contribution in [1.29, 1.82) is 0 Å². The Hall–Kier alpha value is -2.36. The Bertz CT molecular complexity index is 957. The Morgan fingerprint density at radius 3 is 2.14 bits per heavy atom. The quantitative estimate of drug-likeness (QED) is 0.346. The van der Waals surface area contributed by atoms with Gasteiger partial charge in [-0.15, -0.1) is 0 Å². The number of rotatable bonds is 6. The highest BCUT2D eigenvalue weighted by molar-refractivity contribution is 14.1. The average Bonchev–Trinajstić information content (AvgIpc) is 2.69. The number of aromatic nitrogens is 2. The number of hydrogen-bond donors (Lipinski definition) is 2. The molecule has 1 aromatic heterocycles. The molecule has 4 nitrogen and oxygen atoms in total. The normalized spacial score (nSPS) is 12.5. The first-order valence-corrected chi connectivity index (χ1v) is 10.2. The third-order valence-corrected chi connectivity index (χ3v) is 5.27. The minimum Gasteiger partial charge on any atom is -0.340 e. The fraction of sp³-hybridized carbons (Fsp3) is 0.238. The van der Waals surface area contributed by atoms with Crippen LogP contribution in [0.4, 0.5) is 36.3 Å². The van der Waals surface area contributed by atoms with Crippen LogP contribution in [0.1, 0.15) is 37.3 Å². The Morgan fingerprint density at radius 2 is 1.55 bits per heavy atom. The van der Waals surface area contributed by atoms with Crippen LogP contribution in [0.2, 0.25) is 0 Å². The van der Waals surface area contributed by atoms with Gasteiger partial charge in [0.2, 0.25) is 5.95 Å². The standard InChI is InChI=1S/C21H20F3IN4/c1-3-13(2)14-4-8-16(9-5-14)27-19-18(21(22,23)24)12-26-20(29-19)28-17-10-6-15(25)7-11-17/h4-13H,3H2,1-2H3,(H2,26,27,28,29). The monoisotopic (exact) mass is 512 g/mol. The van der Waals surface area contributed by atoms with Gasteiger partial charge < -0.3 is 10.6 Å². The van der Waals surface area contributed by atoms with E-state index < -0.39 is 11.7 Å². The molecule has 0 fully saturated rings. The summed E-state index contributed by atoms with van der Waals surface area (Å²) in [6, 6.07) is 14.7. The lowest BCUT2D eigenvalue weighted by Gasteiger charge is -2.16. The molecule has 0 saturated heterocycles. The zero-order valence-corrected chi connectivity index (χ0v) is 18.0. The van der Waals surface area contributed by atoms with Crippen LogP contribution < -0.4 is 10.6 Å². The summed E-state index contributed by atoms with van der Waals surface area (Å²) in [5.41, 5.74) is 1.44. The highest BCUT2D eigenvalue weighted by Crippen LogP contribution is 2.35. The van der Waals surface area contributed by atoms with Crippen LogP contribution in [0.5, 0.6) is 0 Å². The molecule has 0 aliphatic carbocycles. The molecular formula is C21H20F3IN4. The maximum atomic E-state index is 13.4. The molecule has 1 unspecified atom stereocenters. The van der Waals surface area contributed by atoms with Crippen LogP contribution in [-0.2, 0) is 6.18 Å². The molecule has 2 N–H and O–H groups in total. The molecule has 0 radical (unpaired) electrons. The third-order valence-electron chi connectivity index (χ3n) is 4.55. The first-order valence-electron chi connectivity index (χ1n) is 9.10. The molecule has 0 aliphatic heterocycles. The lowest BCUT2D eigenvalue weighted by Crippen LogP contribution is -2.12. The Morgan fingerprint density at radius 1 is 0.966 bits per heavy atom. The van der Waals surface area contributed by atoms with E-state index in [1.54, 1.807) is 12.1 Å². The van der Waals surface area contributed by atoms with Crippen molar-refractivity contribution < 1.29 is 13.2 Å². The Labute approximate surface area is 181 Å². The van der Waals surface area contributed by atoms with Crippen molar-refractivity contribution >= 4 is 45.7 Å². The van der Waals surface area contributed by atoms with Crippen LogP contribution in [0.25, 0.3) is 0 Å². The molecular weight excluding hydrogens is 492 g/mol. The van der Waals surface area contributed by atoms with E-state index >= 15 is 0 Å². The Kier molecular flexibility index (Phi) is 6.61. The number of halogens is 4. The lowest BCUT2D eigenvalue weighted by atomic mass is 9.99. The predicted octanol–water partition coefficient (Wildman–Crippen LogP) is 7.10. The van der Waals surface area contributed by atoms with Crippen LogP contribution in [0.15, 0.2) is 54.7 Å². The highest BCUT2D eigenvalue weighted by Gasteiger charge is 2.35. The van der Waals surface area contributed by atoms with Crippen LogP contribution >= 0.6 is 22.6 Å². The van der Waals surface area contributed by atoms with Gasteiger partial charge in [-0.2, -0.15) is 18.2 Å². The minimum atomic E-state index is -4.57. The first kappa shape index (κ1) is 21.4. The van der Waals surface area contributed by atoms with Crippen molar-refractivity contribution in [3.8, 4) is 0 Å². The number of alkyl halides is 3. The molecule has 3 rings (SSSR count). The molecule has 1 atom stereocenters. The molecule has 2 aromatic carbocycles. The highest BCUT2D eigenvalue weighted by atomic mass is 127. The second-order valence-corrected chi connectivity index (χ2v) is 7.89. The van der Waals surface area contributed by atoms with E-state index in [0.717, 1.165) is 21.8 Å². The number of nitrogens with zero attached hydrogens (tertiary/aromatic N) is 2. The van der Waals surface area contributed by atoms with E-state index in [1.807, 2.05) is 36.4 Å². The average molecular weight is 512 g/mol. The minimum absolute atomic E-state index is 0.0814. The van der Waals surface area contributed by atoms with Crippen molar-refractivity contribution in [2.24, 2.45) is 0 Å². The molecule has 0 bridgehead atoms. The van der Waals surface area contributed by atoms with Gasteiger partial charge in [-0.3, -0.25) is 0 Å². The van der Waals surface area contributed by atoms with Crippen molar-refractivity contribution in [3.05, 3.63) is 69.4 Å². The van der Waals surface area contributed by atoms with Crippen molar-refractivity contribution in [2.75, 3.05) is 10.6 Å². The Balaban J connectivity index is 1.89. The molecule has 8 heteroatoms. The number of hydrogen-bond acceptors (Lipinski definition) is 4. The van der Waals surface area contributed by atoms with Gasteiger partial charge in [-0.25, -0.2) is 4.98 Å².